The molecule has 1 unspecified atom stereocenters. The van der Waals surface area contributed by atoms with Gasteiger partial charge in [-0.05, 0) is 18.4 Å². The van der Waals surface area contributed by atoms with Gasteiger partial charge in [0.1, 0.15) is 0 Å². The molecular weight excluding hydrogens is 268 g/mol. The summed E-state index contributed by atoms with van der Waals surface area (Å²) in [6.45, 7) is 3.56. The Morgan fingerprint density at radius 1 is 1.48 bits per heavy atom. The number of ether oxygens (including phenoxy) is 1. The van der Waals surface area contributed by atoms with E-state index in [1.807, 2.05) is 18.2 Å². The lowest BCUT2D eigenvalue weighted by Crippen LogP contribution is -2.54. The maximum Gasteiger partial charge on any atom is 0.407 e. The number of nitrogens with one attached hydrogen (secondary N) is 1. The smallest absolute Gasteiger partial charge is 0.407 e. The molecule has 3 atom stereocenters. The lowest BCUT2D eigenvalue weighted by atomic mass is 9.96. The summed E-state index contributed by atoms with van der Waals surface area (Å²) in [6.07, 6.45) is 0.657. The molecule has 2 rings (SSSR count). The Morgan fingerprint density at radius 3 is 2.76 bits per heavy atom. The minimum atomic E-state index is -0.574. The number of nitrogens with zero attached hydrogens (tertiary/aromatic N) is 1. The third-order valence-corrected chi connectivity index (χ3v) is 4.11. The number of alkyl carbamates (subject to hydrolysis) is 1. The van der Waals surface area contributed by atoms with Crippen LogP contribution in [0.5, 0.6) is 0 Å². The van der Waals surface area contributed by atoms with Crippen molar-refractivity contribution in [2.75, 3.05) is 20.2 Å². The molecule has 0 radical (unpaired) electrons. The number of carbonyl (C=O) groups is 1. The molecule has 1 aromatic carbocycles. The third-order valence-electron chi connectivity index (χ3n) is 4.11. The van der Waals surface area contributed by atoms with Crippen molar-refractivity contribution >= 4 is 6.09 Å². The summed E-state index contributed by atoms with van der Waals surface area (Å²) in [6, 6.07) is 10.4. The maximum atomic E-state index is 11.3. The molecule has 0 saturated carbocycles. The van der Waals surface area contributed by atoms with Gasteiger partial charge in [-0.1, -0.05) is 37.3 Å². The molecule has 116 valence electrons. The van der Waals surface area contributed by atoms with Crippen LogP contribution in [0.25, 0.3) is 0 Å². The standard InChI is InChI=1S/C16H24N2O3/c1-3-14(12-7-5-4-6-8-12)18-10-9-13(15(19)11-18)17-16(20)21-2/h4-8,13-15,19H,3,9-11H2,1-2H3,(H,17,20)/t13-,14?,15-/m1/s1. The minimum absolute atomic E-state index is 0.234. The number of carbonyl (C=O) groups excluding carboxylic acids is 1. The van der Waals surface area contributed by atoms with Gasteiger partial charge in [0.2, 0.25) is 0 Å². The Kier molecular flexibility index (Phi) is 5.59. The molecule has 1 aliphatic rings. The number of hydrogen-bond acceptors (Lipinski definition) is 4. The van der Waals surface area contributed by atoms with Gasteiger partial charge in [0, 0.05) is 19.1 Å². The van der Waals surface area contributed by atoms with Crippen molar-refractivity contribution in [2.45, 2.75) is 38.0 Å². The highest BCUT2D eigenvalue weighted by atomic mass is 16.5. The zero-order valence-electron chi connectivity index (χ0n) is 12.7. The van der Waals surface area contributed by atoms with Gasteiger partial charge in [0.05, 0.1) is 19.3 Å². The lowest BCUT2D eigenvalue weighted by Gasteiger charge is -2.40. The molecule has 0 aromatic heterocycles. The molecule has 5 nitrogen and oxygen atoms in total. The predicted molar refractivity (Wildman–Crippen MR) is 81.0 cm³/mol. The van der Waals surface area contributed by atoms with Crippen molar-refractivity contribution < 1.29 is 14.6 Å². The molecular formula is C16H24N2O3. The Balaban J connectivity index is 1.99. The normalized spacial score (nSPS) is 24.3. The Labute approximate surface area is 125 Å². The summed E-state index contributed by atoms with van der Waals surface area (Å²) in [5.74, 6) is 0. The fraction of sp³-hybridized carbons (Fsp3) is 0.562. The highest BCUT2D eigenvalue weighted by Crippen LogP contribution is 2.27. The summed E-state index contributed by atoms with van der Waals surface area (Å²) >= 11 is 0. The van der Waals surface area contributed by atoms with Crippen LogP contribution in [0, 0.1) is 0 Å². The number of amides is 1. The zero-order chi connectivity index (χ0) is 15.2. The summed E-state index contributed by atoms with van der Waals surface area (Å²) in [5.41, 5.74) is 1.27. The van der Waals surface area contributed by atoms with Crippen LogP contribution < -0.4 is 5.32 Å². The molecule has 1 saturated heterocycles. The molecule has 2 N–H and O–H groups in total. The summed E-state index contributed by atoms with van der Waals surface area (Å²) in [4.78, 5) is 13.5. The predicted octanol–water partition coefficient (Wildman–Crippen LogP) is 1.93. The third kappa shape index (κ3) is 3.95. The van der Waals surface area contributed by atoms with Crippen molar-refractivity contribution in [1.29, 1.82) is 0 Å². The fourth-order valence-corrected chi connectivity index (χ4v) is 3.00. The van der Waals surface area contributed by atoms with Gasteiger partial charge in [-0.25, -0.2) is 4.79 Å². The van der Waals surface area contributed by atoms with E-state index in [1.54, 1.807) is 0 Å². The highest BCUT2D eigenvalue weighted by Gasteiger charge is 2.32. The van der Waals surface area contributed by atoms with Crippen LogP contribution in [0.3, 0.4) is 0 Å². The fourth-order valence-electron chi connectivity index (χ4n) is 3.00. The van der Waals surface area contributed by atoms with Gasteiger partial charge in [-0.3, -0.25) is 4.90 Å². The first-order valence-electron chi connectivity index (χ1n) is 7.47. The van der Waals surface area contributed by atoms with Crippen LogP contribution in [-0.4, -0.2) is 48.4 Å². The first-order valence-corrected chi connectivity index (χ1v) is 7.47. The average molecular weight is 292 g/mol. The van der Waals surface area contributed by atoms with Gasteiger partial charge < -0.3 is 15.2 Å². The maximum absolute atomic E-state index is 11.3. The van der Waals surface area contributed by atoms with Crippen LogP contribution >= 0.6 is 0 Å². The van der Waals surface area contributed by atoms with E-state index in [4.69, 9.17) is 0 Å². The van der Waals surface area contributed by atoms with E-state index in [-0.39, 0.29) is 6.04 Å². The van der Waals surface area contributed by atoms with E-state index in [2.05, 4.69) is 34.0 Å². The van der Waals surface area contributed by atoms with E-state index in [0.717, 1.165) is 19.4 Å². The van der Waals surface area contributed by atoms with Gasteiger partial charge in [0.25, 0.3) is 0 Å². The molecule has 1 aromatic rings. The number of β-amino-alcohol motifs (C(OH)–C–C–N with tert-alkyl or cyclic N) is 1. The lowest BCUT2D eigenvalue weighted by molar-refractivity contribution is 0.0189. The van der Waals surface area contributed by atoms with E-state index in [0.29, 0.717) is 12.6 Å². The minimum Gasteiger partial charge on any atom is -0.453 e. The van der Waals surface area contributed by atoms with Crippen LogP contribution in [0.4, 0.5) is 4.79 Å². The first kappa shape index (κ1) is 15.8. The topological polar surface area (TPSA) is 61.8 Å². The number of rotatable bonds is 4. The summed E-state index contributed by atoms with van der Waals surface area (Å²) < 4.78 is 4.59. The number of aliphatic hydroxyl groups excluding tert-OH is 1. The summed E-state index contributed by atoms with van der Waals surface area (Å²) in [5, 5.41) is 13.0. The van der Waals surface area contributed by atoms with E-state index in [1.165, 1.54) is 12.7 Å². The quantitative estimate of drug-likeness (QED) is 0.890. The number of methoxy groups -OCH3 is 1. The van der Waals surface area contributed by atoms with Crippen LogP contribution in [-0.2, 0) is 4.74 Å². The number of aliphatic hydroxyl groups is 1. The molecule has 0 spiro atoms. The second kappa shape index (κ2) is 7.43. The second-order valence-electron chi connectivity index (χ2n) is 5.43. The molecule has 1 fully saturated rings. The van der Waals surface area contributed by atoms with E-state index in [9.17, 15) is 9.90 Å². The molecule has 0 aliphatic carbocycles. The largest absolute Gasteiger partial charge is 0.453 e. The molecule has 1 amide bonds. The number of piperidine rings is 1. The van der Waals surface area contributed by atoms with Crippen molar-refractivity contribution in [3.8, 4) is 0 Å². The van der Waals surface area contributed by atoms with Gasteiger partial charge in [0.15, 0.2) is 0 Å². The molecule has 1 heterocycles. The van der Waals surface area contributed by atoms with Crippen LogP contribution in [0.2, 0.25) is 0 Å². The Hall–Kier alpha value is -1.59. The molecule has 0 bridgehead atoms. The second-order valence-corrected chi connectivity index (χ2v) is 5.43. The Morgan fingerprint density at radius 2 is 2.19 bits per heavy atom. The SMILES string of the molecule is CCC(c1ccccc1)N1CC[C@@H](NC(=O)OC)[C@H](O)C1. The van der Waals surface area contributed by atoms with Gasteiger partial charge in [-0.15, -0.1) is 0 Å². The van der Waals surface area contributed by atoms with E-state index >= 15 is 0 Å². The number of benzene rings is 1. The van der Waals surface area contributed by atoms with Gasteiger partial charge in [-0.2, -0.15) is 0 Å². The summed E-state index contributed by atoms with van der Waals surface area (Å²) in [7, 11) is 1.33. The van der Waals surface area contributed by atoms with Crippen molar-refractivity contribution in [1.82, 2.24) is 10.2 Å². The molecule has 1 aliphatic heterocycles. The molecule has 21 heavy (non-hydrogen) atoms. The number of hydrogen-bond donors (Lipinski definition) is 2. The van der Waals surface area contributed by atoms with Gasteiger partial charge >= 0.3 is 6.09 Å². The van der Waals surface area contributed by atoms with Crippen LogP contribution in [0.15, 0.2) is 30.3 Å². The average Bonchev–Trinajstić information content (AvgIpc) is 2.51. The van der Waals surface area contributed by atoms with E-state index < -0.39 is 12.2 Å². The first-order chi connectivity index (χ1) is 10.2. The molecule has 5 heteroatoms. The van der Waals surface area contributed by atoms with Crippen LogP contribution in [0.1, 0.15) is 31.4 Å². The zero-order valence-corrected chi connectivity index (χ0v) is 12.7. The van der Waals surface area contributed by atoms with Crippen molar-refractivity contribution in [3.05, 3.63) is 35.9 Å². The Bertz CT molecular complexity index is 452. The highest BCUT2D eigenvalue weighted by molar-refractivity contribution is 5.67. The monoisotopic (exact) mass is 292 g/mol. The van der Waals surface area contributed by atoms with Crippen molar-refractivity contribution in [3.63, 3.8) is 0 Å². The number of likely N-dealkylation sites (tertiary alicyclic amines) is 1. The van der Waals surface area contributed by atoms with Crippen molar-refractivity contribution in [2.24, 2.45) is 0 Å².